The van der Waals surface area contributed by atoms with E-state index in [9.17, 15) is 0 Å². The lowest BCUT2D eigenvalue weighted by atomic mass is 9.92. The van der Waals surface area contributed by atoms with E-state index < -0.39 is 0 Å². The van der Waals surface area contributed by atoms with E-state index in [0.29, 0.717) is 0 Å². The molecule has 0 spiro atoms. The molecule has 0 fully saturated rings. The van der Waals surface area contributed by atoms with Crippen LogP contribution in [0.3, 0.4) is 0 Å². The molecule has 1 N–H and O–H groups in total. The van der Waals surface area contributed by atoms with E-state index in [1.54, 1.807) is 0 Å². The largest absolute Gasteiger partial charge is 0.316 e. The summed E-state index contributed by atoms with van der Waals surface area (Å²) < 4.78 is 0. The number of rotatable bonds is 7. The summed E-state index contributed by atoms with van der Waals surface area (Å²) in [6.07, 6.45) is 4.42. The molecule has 3 heteroatoms. The quantitative estimate of drug-likeness (QED) is 0.740. The molecule has 1 atom stereocenters. The van der Waals surface area contributed by atoms with E-state index in [1.165, 1.54) is 22.7 Å². The van der Waals surface area contributed by atoms with Gasteiger partial charge in [-0.2, -0.15) is 0 Å². The second-order valence-electron chi connectivity index (χ2n) is 4.76. The fourth-order valence-electron chi connectivity index (χ4n) is 1.77. The van der Waals surface area contributed by atoms with Crippen molar-refractivity contribution >= 4 is 11.3 Å². The average molecular weight is 240 g/mol. The highest BCUT2D eigenvalue weighted by Gasteiger charge is 2.14. The van der Waals surface area contributed by atoms with Gasteiger partial charge in [0.15, 0.2) is 0 Å². The zero-order valence-electron chi connectivity index (χ0n) is 10.9. The second kappa shape index (κ2) is 7.02. The number of aryl methyl sites for hydroxylation is 1. The molecule has 0 radical (unpaired) electrons. The van der Waals surface area contributed by atoms with Gasteiger partial charge in [-0.25, -0.2) is 4.98 Å². The summed E-state index contributed by atoms with van der Waals surface area (Å²) in [4.78, 5) is 5.75. The molecule has 1 heterocycles. The molecule has 0 amide bonds. The molecule has 0 aliphatic carbocycles. The summed E-state index contributed by atoms with van der Waals surface area (Å²) in [6.45, 7) is 11.2. The lowest BCUT2D eigenvalue weighted by molar-refractivity contribution is 0.362. The van der Waals surface area contributed by atoms with Gasteiger partial charge in [0.25, 0.3) is 0 Å². The maximum Gasteiger partial charge on any atom is 0.0896 e. The van der Waals surface area contributed by atoms with Crippen molar-refractivity contribution in [3.63, 3.8) is 0 Å². The summed E-state index contributed by atoms with van der Waals surface area (Å²) in [7, 11) is 0. The highest BCUT2D eigenvalue weighted by molar-refractivity contribution is 7.11. The predicted octanol–water partition coefficient (Wildman–Crippen LogP) is 3.27. The van der Waals surface area contributed by atoms with Crippen molar-refractivity contribution in [2.75, 3.05) is 13.1 Å². The van der Waals surface area contributed by atoms with Crippen molar-refractivity contribution in [3.8, 4) is 0 Å². The summed E-state index contributed by atoms with van der Waals surface area (Å²) in [6, 6.07) is 0. The summed E-state index contributed by atoms with van der Waals surface area (Å²) >= 11 is 1.83. The van der Waals surface area contributed by atoms with Crippen LogP contribution in [0.2, 0.25) is 0 Å². The Kier molecular flexibility index (Phi) is 5.99. The van der Waals surface area contributed by atoms with E-state index in [2.05, 4.69) is 38.0 Å². The Bertz CT molecular complexity index is 294. The lowest BCUT2D eigenvalue weighted by Gasteiger charge is -2.20. The van der Waals surface area contributed by atoms with Gasteiger partial charge in [0.2, 0.25) is 0 Å². The normalized spacial score (nSPS) is 13.3. The van der Waals surface area contributed by atoms with Crippen molar-refractivity contribution in [3.05, 3.63) is 16.1 Å². The fourth-order valence-corrected chi connectivity index (χ4v) is 2.65. The molecule has 1 rings (SSSR count). The van der Waals surface area contributed by atoms with Crippen LogP contribution in [0.15, 0.2) is 6.20 Å². The van der Waals surface area contributed by atoms with Crippen LogP contribution < -0.4 is 5.32 Å². The monoisotopic (exact) mass is 240 g/mol. The highest BCUT2D eigenvalue weighted by Crippen LogP contribution is 2.20. The van der Waals surface area contributed by atoms with Crippen LogP contribution in [0.5, 0.6) is 0 Å². The minimum atomic E-state index is 0.728. The van der Waals surface area contributed by atoms with Crippen LogP contribution in [0.25, 0.3) is 0 Å². The third-order valence-corrected chi connectivity index (χ3v) is 3.84. The zero-order valence-corrected chi connectivity index (χ0v) is 11.7. The number of nitrogens with zero attached hydrogens (tertiary/aromatic N) is 1. The predicted molar refractivity (Wildman–Crippen MR) is 72.0 cm³/mol. The van der Waals surface area contributed by atoms with Gasteiger partial charge >= 0.3 is 0 Å². The van der Waals surface area contributed by atoms with E-state index in [1.807, 2.05) is 17.5 Å². The molecule has 2 nitrogen and oxygen atoms in total. The molecule has 1 unspecified atom stereocenters. The minimum absolute atomic E-state index is 0.728. The van der Waals surface area contributed by atoms with Gasteiger partial charge in [-0.15, -0.1) is 11.3 Å². The molecule has 1 aromatic rings. The SMILES string of the molecule is CCCNCC(Cc1cnc(C)s1)C(C)C. The lowest BCUT2D eigenvalue weighted by Crippen LogP contribution is -2.28. The van der Waals surface area contributed by atoms with E-state index >= 15 is 0 Å². The number of hydrogen-bond donors (Lipinski definition) is 1. The van der Waals surface area contributed by atoms with Crippen molar-refractivity contribution in [2.45, 2.75) is 40.5 Å². The molecule has 0 saturated heterocycles. The van der Waals surface area contributed by atoms with Crippen LogP contribution in [0.1, 0.15) is 37.1 Å². The van der Waals surface area contributed by atoms with Gasteiger partial charge in [0, 0.05) is 11.1 Å². The standard InChI is InChI=1S/C13H24N2S/c1-5-6-14-8-12(10(2)3)7-13-9-15-11(4)16-13/h9-10,12,14H,5-8H2,1-4H3. The maximum atomic E-state index is 4.32. The topological polar surface area (TPSA) is 24.9 Å². The van der Waals surface area contributed by atoms with Crippen molar-refractivity contribution in [1.29, 1.82) is 0 Å². The molecule has 0 aliphatic rings. The van der Waals surface area contributed by atoms with Crippen LogP contribution in [-0.4, -0.2) is 18.1 Å². The molecule has 1 aromatic heterocycles. The minimum Gasteiger partial charge on any atom is -0.316 e. The van der Waals surface area contributed by atoms with Gasteiger partial charge in [-0.1, -0.05) is 20.8 Å². The van der Waals surface area contributed by atoms with E-state index in [-0.39, 0.29) is 0 Å². The Morgan fingerprint density at radius 3 is 2.69 bits per heavy atom. The first kappa shape index (κ1) is 13.7. The Hall–Kier alpha value is -0.410. The average Bonchev–Trinajstić information content (AvgIpc) is 2.63. The van der Waals surface area contributed by atoms with Crippen molar-refractivity contribution in [1.82, 2.24) is 10.3 Å². The van der Waals surface area contributed by atoms with Crippen LogP contribution >= 0.6 is 11.3 Å². The molecule has 16 heavy (non-hydrogen) atoms. The second-order valence-corrected chi connectivity index (χ2v) is 6.08. The van der Waals surface area contributed by atoms with Gasteiger partial charge in [0.05, 0.1) is 5.01 Å². The van der Waals surface area contributed by atoms with Crippen LogP contribution in [-0.2, 0) is 6.42 Å². The fraction of sp³-hybridized carbons (Fsp3) is 0.769. The number of aromatic nitrogens is 1. The van der Waals surface area contributed by atoms with Gasteiger partial charge in [-0.05, 0) is 44.7 Å². The van der Waals surface area contributed by atoms with Crippen LogP contribution in [0, 0.1) is 18.8 Å². The van der Waals surface area contributed by atoms with E-state index in [0.717, 1.165) is 24.9 Å². The Morgan fingerprint density at radius 2 is 2.19 bits per heavy atom. The smallest absolute Gasteiger partial charge is 0.0896 e. The van der Waals surface area contributed by atoms with Gasteiger partial charge < -0.3 is 5.32 Å². The first-order valence-corrected chi connectivity index (χ1v) is 7.07. The van der Waals surface area contributed by atoms with Gasteiger partial charge in [0.1, 0.15) is 0 Å². The van der Waals surface area contributed by atoms with Crippen molar-refractivity contribution < 1.29 is 0 Å². The van der Waals surface area contributed by atoms with E-state index in [4.69, 9.17) is 0 Å². The zero-order chi connectivity index (χ0) is 12.0. The Balaban J connectivity index is 2.44. The molecular weight excluding hydrogens is 216 g/mol. The number of hydrogen-bond acceptors (Lipinski definition) is 3. The molecule has 0 aromatic carbocycles. The summed E-state index contributed by atoms with van der Waals surface area (Å²) in [5.74, 6) is 1.46. The van der Waals surface area contributed by atoms with Crippen molar-refractivity contribution in [2.24, 2.45) is 11.8 Å². The highest BCUT2D eigenvalue weighted by atomic mass is 32.1. The first-order chi connectivity index (χ1) is 7.63. The molecule has 0 bridgehead atoms. The van der Waals surface area contributed by atoms with Gasteiger partial charge in [-0.3, -0.25) is 0 Å². The molecular formula is C13H24N2S. The Morgan fingerprint density at radius 1 is 1.44 bits per heavy atom. The summed E-state index contributed by atoms with van der Waals surface area (Å²) in [5.41, 5.74) is 0. The van der Waals surface area contributed by atoms with Crippen LogP contribution in [0.4, 0.5) is 0 Å². The molecule has 0 saturated carbocycles. The number of thiazole rings is 1. The molecule has 0 aliphatic heterocycles. The molecule has 92 valence electrons. The first-order valence-electron chi connectivity index (χ1n) is 6.25. The third kappa shape index (κ3) is 4.62. The third-order valence-electron chi connectivity index (χ3n) is 2.91. The Labute approximate surface area is 103 Å². The summed E-state index contributed by atoms with van der Waals surface area (Å²) in [5, 5.41) is 4.71. The number of nitrogens with one attached hydrogen (secondary N) is 1. The maximum absolute atomic E-state index is 4.32.